The summed E-state index contributed by atoms with van der Waals surface area (Å²) < 4.78 is 4.91. The smallest absolute Gasteiger partial charge is 0.306 e. The van der Waals surface area contributed by atoms with Gasteiger partial charge in [0.05, 0.1) is 18.6 Å². The third-order valence-electron chi connectivity index (χ3n) is 2.34. The quantitative estimate of drug-likeness (QED) is 0.701. The van der Waals surface area contributed by atoms with Gasteiger partial charge in [0.1, 0.15) is 0 Å². The highest BCUT2D eigenvalue weighted by Crippen LogP contribution is 2.04. The number of carbonyl (C=O) groups is 3. The first-order valence-corrected chi connectivity index (χ1v) is 6.23. The molecule has 0 rings (SSSR count). The van der Waals surface area contributed by atoms with Gasteiger partial charge in [-0.15, -0.1) is 0 Å². The molecule has 104 valence electrons. The van der Waals surface area contributed by atoms with Crippen molar-refractivity contribution in [2.45, 2.75) is 59.6 Å². The largest absolute Gasteiger partial charge is 0.463 e. The molecule has 1 N–H and O–H groups in total. The Morgan fingerprint density at radius 1 is 1.06 bits per heavy atom. The molecule has 0 aliphatic heterocycles. The molecule has 1 atom stereocenters. The number of hydrogen-bond acceptors (Lipinski definition) is 4. The minimum Gasteiger partial charge on any atom is -0.463 e. The summed E-state index contributed by atoms with van der Waals surface area (Å²) in [6.07, 6.45) is -0.101. The van der Waals surface area contributed by atoms with Crippen molar-refractivity contribution >= 4 is 17.7 Å². The Labute approximate surface area is 108 Å². The lowest BCUT2D eigenvalue weighted by molar-refractivity contribution is -0.148. The fourth-order valence-corrected chi connectivity index (χ4v) is 1.52. The van der Waals surface area contributed by atoms with Crippen LogP contribution in [0.15, 0.2) is 0 Å². The zero-order chi connectivity index (χ0) is 14.3. The van der Waals surface area contributed by atoms with Crippen LogP contribution in [0.3, 0.4) is 0 Å². The maximum atomic E-state index is 11.6. The van der Waals surface area contributed by atoms with Gasteiger partial charge in [-0.2, -0.15) is 0 Å². The van der Waals surface area contributed by atoms with Gasteiger partial charge in [-0.3, -0.25) is 14.4 Å². The van der Waals surface area contributed by atoms with E-state index in [2.05, 4.69) is 5.32 Å². The van der Waals surface area contributed by atoms with E-state index in [0.717, 1.165) is 0 Å². The van der Waals surface area contributed by atoms with Gasteiger partial charge in [-0.25, -0.2) is 0 Å². The van der Waals surface area contributed by atoms with Crippen molar-refractivity contribution in [2.24, 2.45) is 5.92 Å². The number of hydrogen-bond donors (Lipinski definition) is 1. The molecular weight excluding hydrogens is 234 g/mol. The minimum atomic E-state index is -0.487. The zero-order valence-electron chi connectivity index (χ0n) is 11.8. The monoisotopic (exact) mass is 257 g/mol. The molecule has 0 aromatic rings. The van der Waals surface area contributed by atoms with E-state index in [1.165, 1.54) is 6.92 Å². The number of ether oxygens (including phenoxy) is 1. The van der Waals surface area contributed by atoms with E-state index in [-0.39, 0.29) is 36.6 Å². The number of esters is 1. The van der Waals surface area contributed by atoms with Crippen molar-refractivity contribution in [3.63, 3.8) is 0 Å². The van der Waals surface area contributed by atoms with Gasteiger partial charge in [0.2, 0.25) is 5.91 Å². The summed E-state index contributed by atoms with van der Waals surface area (Å²) in [5.41, 5.74) is 0. The Bertz CT molecular complexity index is 310. The molecule has 0 bridgehead atoms. The highest BCUT2D eigenvalue weighted by Gasteiger charge is 2.20. The Kier molecular flexibility index (Phi) is 7.24. The van der Waals surface area contributed by atoms with Crippen LogP contribution >= 0.6 is 0 Å². The molecule has 0 spiro atoms. The Hall–Kier alpha value is -1.39. The van der Waals surface area contributed by atoms with Gasteiger partial charge in [0.15, 0.2) is 5.78 Å². The van der Waals surface area contributed by atoms with Crippen molar-refractivity contribution < 1.29 is 19.1 Å². The van der Waals surface area contributed by atoms with Crippen LogP contribution in [0, 0.1) is 5.92 Å². The van der Waals surface area contributed by atoms with Crippen LogP contribution in [0.1, 0.15) is 47.5 Å². The first-order chi connectivity index (χ1) is 8.23. The molecular formula is C13H23NO4. The molecule has 18 heavy (non-hydrogen) atoms. The summed E-state index contributed by atoms with van der Waals surface area (Å²) in [5.74, 6) is -0.745. The summed E-state index contributed by atoms with van der Waals surface area (Å²) in [4.78, 5) is 34.1. The van der Waals surface area contributed by atoms with Crippen LogP contribution in [-0.2, 0) is 19.1 Å². The first-order valence-electron chi connectivity index (χ1n) is 6.23. The van der Waals surface area contributed by atoms with Crippen molar-refractivity contribution in [1.29, 1.82) is 0 Å². The maximum absolute atomic E-state index is 11.6. The van der Waals surface area contributed by atoms with E-state index >= 15 is 0 Å². The Morgan fingerprint density at radius 3 is 2.00 bits per heavy atom. The van der Waals surface area contributed by atoms with E-state index < -0.39 is 12.0 Å². The molecule has 5 nitrogen and oxygen atoms in total. The number of carbonyl (C=O) groups excluding carboxylic acids is 3. The summed E-state index contributed by atoms with van der Waals surface area (Å²) in [5, 5.41) is 2.63. The second-order valence-electron chi connectivity index (χ2n) is 4.94. The molecule has 1 unspecified atom stereocenters. The highest BCUT2D eigenvalue weighted by molar-refractivity contribution is 5.88. The Morgan fingerprint density at radius 2 is 1.61 bits per heavy atom. The maximum Gasteiger partial charge on any atom is 0.306 e. The van der Waals surface area contributed by atoms with E-state index in [1.807, 2.05) is 13.8 Å². The van der Waals surface area contributed by atoms with Crippen LogP contribution in [0.4, 0.5) is 0 Å². The van der Waals surface area contributed by atoms with Gasteiger partial charge >= 0.3 is 5.97 Å². The van der Waals surface area contributed by atoms with Gasteiger partial charge in [-0.1, -0.05) is 13.8 Å². The lowest BCUT2D eigenvalue weighted by Crippen LogP contribution is -2.43. The summed E-state index contributed by atoms with van der Waals surface area (Å²) >= 11 is 0. The normalized spacial score (nSPS) is 12.4. The number of Topliss-reactive ketones (excluding diaryl/α,β-unsaturated/α-hetero) is 1. The third kappa shape index (κ3) is 7.04. The van der Waals surface area contributed by atoms with E-state index in [4.69, 9.17) is 4.74 Å². The first kappa shape index (κ1) is 16.6. The van der Waals surface area contributed by atoms with Crippen LogP contribution in [0.25, 0.3) is 0 Å². The predicted octanol–water partition coefficient (Wildman–Crippen LogP) is 1.45. The van der Waals surface area contributed by atoms with Crippen molar-refractivity contribution in [2.75, 3.05) is 0 Å². The zero-order valence-corrected chi connectivity index (χ0v) is 11.8. The van der Waals surface area contributed by atoms with Crippen molar-refractivity contribution in [3.05, 3.63) is 0 Å². The van der Waals surface area contributed by atoms with E-state index in [0.29, 0.717) is 0 Å². The third-order valence-corrected chi connectivity index (χ3v) is 2.34. The number of amides is 1. The average Bonchev–Trinajstić information content (AvgIpc) is 2.21. The molecule has 0 aliphatic carbocycles. The van der Waals surface area contributed by atoms with Crippen LogP contribution < -0.4 is 5.32 Å². The molecule has 0 saturated heterocycles. The summed E-state index contributed by atoms with van der Waals surface area (Å²) in [6.45, 7) is 8.67. The van der Waals surface area contributed by atoms with E-state index in [1.54, 1.807) is 13.8 Å². The Balaban J connectivity index is 4.11. The molecule has 1 amide bonds. The minimum absolute atomic E-state index is 0.0345. The number of ketones is 1. The highest BCUT2D eigenvalue weighted by atomic mass is 16.5. The lowest BCUT2D eigenvalue weighted by Gasteiger charge is -2.19. The molecule has 0 heterocycles. The summed E-state index contributed by atoms with van der Waals surface area (Å²) in [6, 6.07) is -0.487. The van der Waals surface area contributed by atoms with Crippen molar-refractivity contribution in [3.8, 4) is 0 Å². The fraction of sp³-hybridized carbons (Fsp3) is 0.769. The molecule has 0 aromatic carbocycles. The molecule has 0 fully saturated rings. The van der Waals surface area contributed by atoms with Gasteiger partial charge in [-0.05, 0) is 26.7 Å². The second-order valence-corrected chi connectivity index (χ2v) is 4.94. The number of rotatable bonds is 7. The van der Waals surface area contributed by atoms with Crippen molar-refractivity contribution in [1.82, 2.24) is 5.32 Å². The van der Waals surface area contributed by atoms with Gasteiger partial charge in [0, 0.05) is 6.42 Å². The standard InChI is InChI=1S/C13H23NO4/c1-8(2)13(10(5)15)14-11(16)6-7-12(17)18-9(3)4/h8-9,13H,6-7H2,1-5H3,(H,14,16). The second kappa shape index (κ2) is 7.84. The van der Waals surface area contributed by atoms with Gasteiger partial charge < -0.3 is 10.1 Å². The molecule has 5 heteroatoms. The SMILES string of the molecule is CC(=O)C(NC(=O)CCC(=O)OC(C)C)C(C)C. The molecule has 0 radical (unpaired) electrons. The lowest BCUT2D eigenvalue weighted by atomic mass is 10.0. The van der Waals surface area contributed by atoms with E-state index in [9.17, 15) is 14.4 Å². The fourth-order valence-electron chi connectivity index (χ4n) is 1.52. The summed E-state index contributed by atoms with van der Waals surface area (Å²) in [7, 11) is 0. The number of nitrogens with one attached hydrogen (secondary N) is 1. The molecule has 0 aromatic heterocycles. The average molecular weight is 257 g/mol. The topological polar surface area (TPSA) is 72.5 Å². The molecule has 0 saturated carbocycles. The molecule has 0 aliphatic rings. The van der Waals surface area contributed by atoms with Crippen LogP contribution in [-0.4, -0.2) is 29.8 Å². The van der Waals surface area contributed by atoms with Crippen LogP contribution in [0.5, 0.6) is 0 Å². The van der Waals surface area contributed by atoms with Gasteiger partial charge in [0.25, 0.3) is 0 Å². The van der Waals surface area contributed by atoms with Crippen LogP contribution in [0.2, 0.25) is 0 Å². The predicted molar refractivity (Wildman–Crippen MR) is 67.9 cm³/mol.